The van der Waals surface area contributed by atoms with Gasteiger partial charge in [-0.3, -0.25) is 4.79 Å². The van der Waals surface area contributed by atoms with Gasteiger partial charge in [0.1, 0.15) is 0 Å². The molecule has 0 rings (SSSR count). The van der Waals surface area contributed by atoms with Gasteiger partial charge in [0.05, 0.1) is 0 Å². The predicted octanol–water partition coefficient (Wildman–Crippen LogP) is 3.76. The zero-order chi connectivity index (χ0) is 11.4. The highest BCUT2D eigenvalue weighted by molar-refractivity contribution is 5.87. The molecule has 14 heavy (non-hydrogen) atoms. The van der Waals surface area contributed by atoms with Gasteiger partial charge in [-0.15, -0.1) is 0 Å². The maximum atomic E-state index is 10.8. The van der Waals surface area contributed by atoms with Crippen LogP contribution in [0.15, 0.2) is 23.8 Å². The van der Waals surface area contributed by atoms with Crippen LogP contribution in [0.1, 0.15) is 41.5 Å². The summed E-state index contributed by atoms with van der Waals surface area (Å²) < 4.78 is 0. The Bertz CT molecular complexity index is 249. The van der Waals surface area contributed by atoms with Gasteiger partial charge in [0.15, 0.2) is 5.78 Å². The number of carbonyl (C=O) groups is 1. The lowest BCUT2D eigenvalue weighted by Crippen LogP contribution is -2.04. The second-order valence-corrected chi connectivity index (χ2v) is 5.11. The minimum absolute atomic E-state index is 0.102. The van der Waals surface area contributed by atoms with Gasteiger partial charge in [-0.25, -0.2) is 0 Å². The maximum Gasteiger partial charge on any atom is 0.152 e. The van der Waals surface area contributed by atoms with Crippen molar-refractivity contribution in [2.75, 3.05) is 0 Å². The SMILES string of the molecule is CC(=O)C=CC(=CC(C)(C)C)C(C)C. The van der Waals surface area contributed by atoms with E-state index in [1.165, 1.54) is 5.57 Å². The van der Waals surface area contributed by atoms with Gasteiger partial charge in [-0.2, -0.15) is 0 Å². The van der Waals surface area contributed by atoms with Crippen molar-refractivity contribution in [2.45, 2.75) is 41.5 Å². The number of rotatable bonds is 3. The molecule has 0 N–H and O–H groups in total. The van der Waals surface area contributed by atoms with E-state index in [-0.39, 0.29) is 11.2 Å². The molecule has 0 aliphatic heterocycles. The molecule has 0 spiro atoms. The van der Waals surface area contributed by atoms with Crippen LogP contribution in [0.25, 0.3) is 0 Å². The molecule has 0 aromatic rings. The molecule has 0 amide bonds. The highest BCUT2D eigenvalue weighted by Gasteiger charge is 2.09. The number of ketones is 1. The van der Waals surface area contributed by atoms with Crippen molar-refractivity contribution in [3.8, 4) is 0 Å². The average Bonchev–Trinajstić information content (AvgIpc) is 1.94. The van der Waals surface area contributed by atoms with E-state index >= 15 is 0 Å². The molecule has 0 aliphatic rings. The monoisotopic (exact) mass is 194 g/mol. The van der Waals surface area contributed by atoms with Gasteiger partial charge in [-0.05, 0) is 29.9 Å². The minimum atomic E-state index is 0.102. The summed E-state index contributed by atoms with van der Waals surface area (Å²) in [5.74, 6) is 0.565. The molecular weight excluding hydrogens is 172 g/mol. The van der Waals surface area contributed by atoms with Crippen molar-refractivity contribution in [2.24, 2.45) is 11.3 Å². The third-order valence-electron chi connectivity index (χ3n) is 1.78. The first kappa shape index (κ1) is 13.2. The van der Waals surface area contributed by atoms with E-state index in [1.807, 2.05) is 6.08 Å². The second kappa shape index (κ2) is 5.14. The molecule has 1 heteroatoms. The molecule has 0 saturated carbocycles. The highest BCUT2D eigenvalue weighted by atomic mass is 16.1. The Kier molecular flexibility index (Phi) is 4.82. The predicted molar refractivity (Wildman–Crippen MR) is 62.2 cm³/mol. The maximum absolute atomic E-state index is 10.8. The molecule has 0 atom stereocenters. The van der Waals surface area contributed by atoms with Crippen LogP contribution in [0.3, 0.4) is 0 Å². The smallest absolute Gasteiger partial charge is 0.152 e. The molecule has 0 heterocycles. The molecule has 0 saturated heterocycles. The Morgan fingerprint density at radius 3 is 1.93 bits per heavy atom. The third kappa shape index (κ3) is 6.64. The molecule has 0 fully saturated rings. The summed E-state index contributed by atoms with van der Waals surface area (Å²) in [4.78, 5) is 10.8. The summed E-state index contributed by atoms with van der Waals surface area (Å²) in [7, 11) is 0. The lowest BCUT2D eigenvalue weighted by Gasteiger charge is -2.16. The van der Waals surface area contributed by atoms with Gasteiger partial charge in [0.25, 0.3) is 0 Å². The van der Waals surface area contributed by atoms with Crippen LogP contribution in [0.2, 0.25) is 0 Å². The molecular formula is C13H22O. The molecule has 0 bridgehead atoms. The molecule has 1 nitrogen and oxygen atoms in total. The van der Waals surface area contributed by atoms with E-state index < -0.39 is 0 Å². The summed E-state index contributed by atoms with van der Waals surface area (Å²) in [6.45, 7) is 12.3. The molecule has 80 valence electrons. The number of allylic oxidation sites excluding steroid dienone is 4. The van der Waals surface area contributed by atoms with Gasteiger partial charge in [-0.1, -0.05) is 46.8 Å². The van der Waals surface area contributed by atoms with E-state index in [2.05, 4.69) is 40.7 Å². The van der Waals surface area contributed by atoms with Crippen molar-refractivity contribution in [3.05, 3.63) is 23.8 Å². The Hall–Kier alpha value is -0.850. The number of carbonyl (C=O) groups excluding carboxylic acids is 1. The summed E-state index contributed by atoms with van der Waals surface area (Å²) in [5.41, 5.74) is 1.40. The average molecular weight is 194 g/mol. The van der Waals surface area contributed by atoms with Gasteiger partial charge < -0.3 is 0 Å². The zero-order valence-electron chi connectivity index (χ0n) is 10.2. The fourth-order valence-corrected chi connectivity index (χ4v) is 1.12. The third-order valence-corrected chi connectivity index (χ3v) is 1.78. The summed E-state index contributed by atoms with van der Waals surface area (Å²) >= 11 is 0. The molecule has 0 unspecified atom stereocenters. The highest BCUT2D eigenvalue weighted by Crippen LogP contribution is 2.22. The standard InChI is InChI=1S/C13H22O/c1-10(2)12(8-7-11(3)14)9-13(4,5)6/h7-10H,1-6H3. The fraction of sp³-hybridized carbons (Fsp3) is 0.615. The van der Waals surface area contributed by atoms with Crippen molar-refractivity contribution in [3.63, 3.8) is 0 Å². The largest absolute Gasteiger partial charge is 0.295 e. The van der Waals surface area contributed by atoms with Gasteiger partial charge in [0.2, 0.25) is 0 Å². The molecule has 0 aromatic heterocycles. The quantitative estimate of drug-likeness (QED) is 0.494. The first-order valence-electron chi connectivity index (χ1n) is 5.14. The molecule has 0 aromatic carbocycles. The Balaban J connectivity index is 4.79. The Labute approximate surface area is 87.9 Å². The summed E-state index contributed by atoms with van der Waals surface area (Å²) in [5, 5.41) is 0. The van der Waals surface area contributed by atoms with Crippen molar-refractivity contribution in [1.82, 2.24) is 0 Å². The lowest BCUT2D eigenvalue weighted by molar-refractivity contribution is -0.112. The van der Waals surface area contributed by atoms with Crippen LogP contribution in [-0.4, -0.2) is 5.78 Å². The normalized spacial score (nSPS) is 14.1. The van der Waals surface area contributed by atoms with Crippen LogP contribution in [-0.2, 0) is 4.79 Å². The van der Waals surface area contributed by atoms with E-state index in [4.69, 9.17) is 0 Å². The minimum Gasteiger partial charge on any atom is -0.295 e. The first-order chi connectivity index (χ1) is 6.22. The fourth-order valence-electron chi connectivity index (χ4n) is 1.12. The second-order valence-electron chi connectivity index (χ2n) is 5.11. The van der Waals surface area contributed by atoms with Gasteiger partial charge in [0, 0.05) is 0 Å². The summed E-state index contributed by atoms with van der Waals surface area (Å²) in [6.07, 6.45) is 5.78. The Morgan fingerprint density at radius 2 is 1.64 bits per heavy atom. The topological polar surface area (TPSA) is 17.1 Å². The van der Waals surface area contributed by atoms with Crippen molar-refractivity contribution < 1.29 is 4.79 Å². The molecule has 0 aliphatic carbocycles. The van der Waals surface area contributed by atoms with Gasteiger partial charge >= 0.3 is 0 Å². The zero-order valence-corrected chi connectivity index (χ0v) is 10.2. The van der Waals surface area contributed by atoms with Crippen LogP contribution in [0, 0.1) is 11.3 Å². The number of hydrogen-bond acceptors (Lipinski definition) is 1. The van der Waals surface area contributed by atoms with E-state index in [0.717, 1.165) is 0 Å². The van der Waals surface area contributed by atoms with E-state index in [1.54, 1.807) is 13.0 Å². The van der Waals surface area contributed by atoms with Crippen LogP contribution in [0.4, 0.5) is 0 Å². The summed E-state index contributed by atoms with van der Waals surface area (Å²) in [6, 6.07) is 0. The Morgan fingerprint density at radius 1 is 1.14 bits per heavy atom. The number of hydrogen-bond donors (Lipinski definition) is 0. The van der Waals surface area contributed by atoms with Crippen LogP contribution in [0.5, 0.6) is 0 Å². The first-order valence-corrected chi connectivity index (χ1v) is 5.14. The van der Waals surface area contributed by atoms with E-state index in [0.29, 0.717) is 5.92 Å². The van der Waals surface area contributed by atoms with Crippen LogP contribution < -0.4 is 0 Å². The van der Waals surface area contributed by atoms with E-state index in [9.17, 15) is 4.79 Å². The van der Waals surface area contributed by atoms with Crippen LogP contribution >= 0.6 is 0 Å². The molecule has 0 radical (unpaired) electrons. The van der Waals surface area contributed by atoms with Crippen molar-refractivity contribution >= 4 is 5.78 Å². The van der Waals surface area contributed by atoms with Crippen molar-refractivity contribution in [1.29, 1.82) is 0 Å². The lowest BCUT2D eigenvalue weighted by atomic mass is 9.89.